The zero-order valence-corrected chi connectivity index (χ0v) is 15.9. The van der Waals surface area contributed by atoms with Crippen molar-refractivity contribution in [3.8, 4) is 11.4 Å². The van der Waals surface area contributed by atoms with Crippen molar-refractivity contribution in [1.29, 1.82) is 0 Å². The summed E-state index contributed by atoms with van der Waals surface area (Å²) >= 11 is 0. The van der Waals surface area contributed by atoms with E-state index in [1.54, 1.807) is 24.5 Å². The van der Waals surface area contributed by atoms with E-state index in [0.29, 0.717) is 11.4 Å². The van der Waals surface area contributed by atoms with Crippen LogP contribution in [-0.4, -0.2) is 26.0 Å². The molecule has 0 aliphatic rings. The van der Waals surface area contributed by atoms with Gasteiger partial charge in [-0.25, -0.2) is 4.98 Å². The van der Waals surface area contributed by atoms with Crippen LogP contribution in [0.2, 0.25) is 0 Å². The minimum Gasteiger partial charge on any atom is -0.340 e. The maximum absolute atomic E-state index is 12.8. The lowest BCUT2D eigenvalue weighted by atomic mass is 10.0. The fraction of sp³-hybridized carbons (Fsp3) is 0.316. The molecular weight excluding hydrogens is 387 g/mol. The van der Waals surface area contributed by atoms with Crippen molar-refractivity contribution < 1.29 is 22.5 Å². The van der Waals surface area contributed by atoms with Crippen LogP contribution in [-0.2, 0) is 6.18 Å². The van der Waals surface area contributed by atoms with Crippen LogP contribution >= 0.6 is 0 Å². The number of hydrogen-bond donors (Lipinski definition) is 1. The quantitative estimate of drug-likeness (QED) is 0.690. The second kappa shape index (κ2) is 7.98. The second-order valence-electron chi connectivity index (χ2n) is 6.71. The standard InChI is InChI=1S/C19H18F3N5O2/c1-10(2)15(18-26-16(27-29-18)12-6-8-23-9-7-12)25-17(28)13-4-5-14(19(20,21)22)24-11(13)3/h4-10,15H,1-3H3,(H,25,28). The van der Waals surface area contributed by atoms with Gasteiger partial charge in [-0.15, -0.1) is 0 Å². The van der Waals surface area contributed by atoms with Crippen LogP contribution in [0, 0.1) is 12.8 Å². The van der Waals surface area contributed by atoms with Gasteiger partial charge in [0.2, 0.25) is 11.7 Å². The molecule has 1 amide bonds. The molecule has 0 saturated heterocycles. The van der Waals surface area contributed by atoms with E-state index in [-0.39, 0.29) is 23.1 Å². The van der Waals surface area contributed by atoms with E-state index in [1.807, 2.05) is 13.8 Å². The molecule has 10 heteroatoms. The summed E-state index contributed by atoms with van der Waals surface area (Å²) in [7, 11) is 0. The SMILES string of the molecule is Cc1nc(C(F)(F)F)ccc1C(=O)NC(c1nc(-c2ccncc2)no1)C(C)C. The number of aryl methyl sites for hydroxylation is 1. The van der Waals surface area contributed by atoms with Gasteiger partial charge in [0, 0.05) is 18.0 Å². The Labute approximate surface area is 164 Å². The number of alkyl halides is 3. The summed E-state index contributed by atoms with van der Waals surface area (Å²) in [6.07, 6.45) is -1.39. The predicted molar refractivity (Wildman–Crippen MR) is 96.6 cm³/mol. The fourth-order valence-electron chi connectivity index (χ4n) is 2.67. The summed E-state index contributed by atoms with van der Waals surface area (Å²) in [5, 5.41) is 6.67. The summed E-state index contributed by atoms with van der Waals surface area (Å²) in [5.74, 6) is -0.161. The molecule has 3 heterocycles. The Morgan fingerprint density at radius 1 is 1.10 bits per heavy atom. The van der Waals surface area contributed by atoms with Gasteiger partial charge in [-0.2, -0.15) is 18.2 Å². The summed E-state index contributed by atoms with van der Waals surface area (Å²) in [5.41, 5.74) is -0.335. The van der Waals surface area contributed by atoms with Gasteiger partial charge in [0.05, 0.1) is 11.3 Å². The van der Waals surface area contributed by atoms with Crippen LogP contribution < -0.4 is 5.32 Å². The lowest BCUT2D eigenvalue weighted by molar-refractivity contribution is -0.141. The molecule has 29 heavy (non-hydrogen) atoms. The van der Waals surface area contributed by atoms with Crippen molar-refractivity contribution in [3.05, 3.63) is 59.5 Å². The lowest BCUT2D eigenvalue weighted by Crippen LogP contribution is -2.32. The highest BCUT2D eigenvalue weighted by atomic mass is 19.4. The number of hydrogen-bond acceptors (Lipinski definition) is 6. The summed E-state index contributed by atoms with van der Waals surface area (Å²) in [4.78, 5) is 24.4. The Bertz CT molecular complexity index is 1000. The Morgan fingerprint density at radius 3 is 2.38 bits per heavy atom. The predicted octanol–water partition coefficient (Wildman–Crippen LogP) is 3.98. The van der Waals surface area contributed by atoms with Crippen LogP contribution in [0.25, 0.3) is 11.4 Å². The van der Waals surface area contributed by atoms with Crippen molar-refractivity contribution in [3.63, 3.8) is 0 Å². The molecule has 1 N–H and O–H groups in total. The molecule has 1 atom stereocenters. The molecule has 0 fully saturated rings. The highest BCUT2D eigenvalue weighted by Crippen LogP contribution is 2.29. The number of nitrogens with one attached hydrogen (secondary N) is 1. The molecule has 0 aromatic carbocycles. The van der Waals surface area contributed by atoms with E-state index in [2.05, 4.69) is 25.4 Å². The molecule has 0 spiro atoms. The third-order valence-electron chi connectivity index (χ3n) is 4.22. The molecule has 0 aliphatic carbocycles. The normalized spacial score (nSPS) is 12.8. The van der Waals surface area contributed by atoms with Gasteiger partial charge >= 0.3 is 6.18 Å². The Kier molecular flexibility index (Phi) is 5.62. The summed E-state index contributed by atoms with van der Waals surface area (Å²) < 4.78 is 43.7. The molecule has 7 nitrogen and oxygen atoms in total. The number of aromatic nitrogens is 4. The summed E-state index contributed by atoms with van der Waals surface area (Å²) in [6.45, 7) is 5.04. The topological polar surface area (TPSA) is 93.8 Å². The number of rotatable bonds is 5. The first-order chi connectivity index (χ1) is 13.7. The van der Waals surface area contributed by atoms with E-state index >= 15 is 0 Å². The van der Waals surface area contributed by atoms with Crippen LogP contribution in [0.3, 0.4) is 0 Å². The van der Waals surface area contributed by atoms with Gasteiger partial charge in [-0.1, -0.05) is 19.0 Å². The van der Waals surface area contributed by atoms with E-state index in [4.69, 9.17) is 4.52 Å². The zero-order valence-electron chi connectivity index (χ0n) is 15.9. The maximum atomic E-state index is 12.8. The third kappa shape index (κ3) is 4.58. The summed E-state index contributed by atoms with van der Waals surface area (Å²) in [6, 6.07) is 4.69. The first-order valence-corrected chi connectivity index (χ1v) is 8.76. The van der Waals surface area contributed by atoms with Gasteiger partial charge in [0.25, 0.3) is 5.91 Å². The number of halogens is 3. The Hall–Kier alpha value is -3.30. The van der Waals surface area contributed by atoms with Crippen molar-refractivity contribution in [1.82, 2.24) is 25.4 Å². The van der Waals surface area contributed by atoms with Crippen molar-refractivity contribution in [2.45, 2.75) is 33.0 Å². The number of amides is 1. The molecule has 0 saturated carbocycles. The average molecular weight is 405 g/mol. The molecule has 1 unspecified atom stereocenters. The molecule has 0 aliphatic heterocycles. The van der Waals surface area contributed by atoms with Crippen LogP contribution in [0.4, 0.5) is 13.2 Å². The van der Waals surface area contributed by atoms with Crippen LogP contribution in [0.15, 0.2) is 41.2 Å². The fourth-order valence-corrected chi connectivity index (χ4v) is 2.67. The molecule has 3 rings (SSSR count). The van der Waals surface area contributed by atoms with Crippen molar-refractivity contribution in [2.75, 3.05) is 0 Å². The first kappa shape index (κ1) is 20.4. The van der Waals surface area contributed by atoms with Gasteiger partial charge in [-0.3, -0.25) is 9.78 Å². The van der Waals surface area contributed by atoms with E-state index in [1.165, 1.54) is 6.92 Å². The second-order valence-corrected chi connectivity index (χ2v) is 6.71. The maximum Gasteiger partial charge on any atom is 0.433 e. The highest BCUT2D eigenvalue weighted by Gasteiger charge is 2.33. The molecule has 0 bridgehead atoms. The van der Waals surface area contributed by atoms with Gasteiger partial charge in [0.1, 0.15) is 11.7 Å². The van der Waals surface area contributed by atoms with Crippen LogP contribution in [0.5, 0.6) is 0 Å². The first-order valence-electron chi connectivity index (χ1n) is 8.76. The van der Waals surface area contributed by atoms with E-state index in [0.717, 1.165) is 12.1 Å². The molecule has 0 radical (unpaired) electrons. The zero-order chi connectivity index (χ0) is 21.2. The number of nitrogens with zero attached hydrogens (tertiary/aromatic N) is 4. The average Bonchev–Trinajstić information content (AvgIpc) is 3.15. The minimum atomic E-state index is -4.58. The van der Waals surface area contributed by atoms with Crippen molar-refractivity contribution in [2.24, 2.45) is 5.92 Å². The van der Waals surface area contributed by atoms with E-state index < -0.39 is 23.8 Å². The lowest BCUT2D eigenvalue weighted by Gasteiger charge is -2.19. The van der Waals surface area contributed by atoms with Gasteiger partial charge in [-0.05, 0) is 37.1 Å². The Morgan fingerprint density at radius 2 is 1.79 bits per heavy atom. The van der Waals surface area contributed by atoms with Crippen molar-refractivity contribution >= 4 is 5.91 Å². The number of pyridine rings is 2. The molecule has 152 valence electrons. The third-order valence-corrected chi connectivity index (χ3v) is 4.22. The highest BCUT2D eigenvalue weighted by molar-refractivity contribution is 5.95. The van der Waals surface area contributed by atoms with Gasteiger partial charge in [0.15, 0.2) is 0 Å². The van der Waals surface area contributed by atoms with Gasteiger partial charge < -0.3 is 9.84 Å². The number of carbonyl (C=O) groups excluding carboxylic acids is 1. The number of carbonyl (C=O) groups is 1. The molecular formula is C19H18F3N5O2. The largest absolute Gasteiger partial charge is 0.433 e. The minimum absolute atomic E-state index is 0.0252. The molecule has 3 aromatic rings. The molecule has 3 aromatic heterocycles. The van der Waals surface area contributed by atoms with Crippen LogP contribution in [0.1, 0.15) is 47.5 Å². The smallest absolute Gasteiger partial charge is 0.340 e. The monoisotopic (exact) mass is 405 g/mol. The van der Waals surface area contributed by atoms with E-state index in [9.17, 15) is 18.0 Å². The Balaban J connectivity index is 1.83.